The third kappa shape index (κ3) is 3.00. The summed E-state index contributed by atoms with van der Waals surface area (Å²) < 4.78 is 8.14. The highest BCUT2D eigenvalue weighted by atomic mass is 79.9. The molecule has 0 bridgehead atoms. The summed E-state index contributed by atoms with van der Waals surface area (Å²) in [7, 11) is 0. The van der Waals surface area contributed by atoms with Crippen LogP contribution in [0.4, 0.5) is 5.69 Å². The fraction of sp³-hybridized carbons (Fsp3) is 0.125. The fourth-order valence-electron chi connectivity index (χ4n) is 2.53. The van der Waals surface area contributed by atoms with E-state index in [0.29, 0.717) is 13.1 Å². The second-order valence-electron chi connectivity index (χ2n) is 5.25. The highest BCUT2D eigenvalue weighted by Crippen LogP contribution is 2.24. The van der Waals surface area contributed by atoms with E-state index in [1.54, 1.807) is 18.7 Å². The lowest BCUT2D eigenvalue weighted by Crippen LogP contribution is -2.23. The molecule has 7 nitrogen and oxygen atoms in total. The molecule has 8 heteroatoms. The van der Waals surface area contributed by atoms with Crippen LogP contribution in [0.2, 0.25) is 0 Å². The topological polar surface area (TPSA) is 72.4 Å². The Morgan fingerprint density at radius 1 is 1.17 bits per heavy atom. The molecular weight excluding hydrogens is 372 g/mol. The number of fused-ring (bicyclic) bond motifs is 1. The first-order valence-electron chi connectivity index (χ1n) is 7.33. The van der Waals surface area contributed by atoms with Gasteiger partial charge in [0.2, 0.25) is 0 Å². The monoisotopic (exact) mass is 384 g/mol. The SMILES string of the molecule is Brc1cccc(N(Cc2ccno2)Cc2nccn3cnnc23)c1. The molecule has 0 fully saturated rings. The third-order valence-corrected chi connectivity index (χ3v) is 4.13. The van der Waals surface area contributed by atoms with Gasteiger partial charge in [0.15, 0.2) is 11.4 Å². The second-order valence-corrected chi connectivity index (χ2v) is 6.17. The number of aromatic nitrogens is 5. The highest BCUT2D eigenvalue weighted by molar-refractivity contribution is 9.10. The van der Waals surface area contributed by atoms with E-state index in [0.717, 1.165) is 27.3 Å². The van der Waals surface area contributed by atoms with Crippen LogP contribution in [0.15, 0.2) is 64.2 Å². The van der Waals surface area contributed by atoms with Gasteiger partial charge in [-0.15, -0.1) is 10.2 Å². The summed E-state index contributed by atoms with van der Waals surface area (Å²) in [5.41, 5.74) is 2.63. The highest BCUT2D eigenvalue weighted by Gasteiger charge is 2.14. The van der Waals surface area contributed by atoms with Crippen molar-refractivity contribution in [1.82, 2.24) is 24.7 Å². The number of hydrogen-bond donors (Lipinski definition) is 0. The van der Waals surface area contributed by atoms with Crippen molar-refractivity contribution >= 4 is 27.3 Å². The van der Waals surface area contributed by atoms with Gasteiger partial charge in [-0.1, -0.05) is 27.2 Å². The number of benzene rings is 1. The van der Waals surface area contributed by atoms with Crippen LogP contribution in [0.3, 0.4) is 0 Å². The summed E-state index contributed by atoms with van der Waals surface area (Å²) in [5.74, 6) is 0.781. The summed E-state index contributed by atoms with van der Waals surface area (Å²) in [6.07, 6.45) is 6.89. The van der Waals surface area contributed by atoms with Gasteiger partial charge in [0.1, 0.15) is 12.0 Å². The summed E-state index contributed by atoms with van der Waals surface area (Å²) >= 11 is 3.52. The summed E-state index contributed by atoms with van der Waals surface area (Å²) in [6, 6.07) is 9.95. The molecule has 0 saturated heterocycles. The largest absolute Gasteiger partial charge is 0.360 e. The first-order chi connectivity index (χ1) is 11.8. The summed E-state index contributed by atoms with van der Waals surface area (Å²) in [6.45, 7) is 1.15. The molecular formula is C16H13BrN6O. The van der Waals surface area contributed by atoms with Gasteiger partial charge in [-0.3, -0.25) is 9.38 Å². The standard InChI is InChI=1S/C16H13BrN6O/c17-12-2-1-3-13(8-12)23(9-14-4-5-20-24-14)10-15-16-21-19-11-22(16)7-6-18-15/h1-8,11H,9-10H2. The molecule has 0 aliphatic heterocycles. The lowest BCUT2D eigenvalue weighted by atomic mass is 10.2. The smallest absolute Gasteiger partial charge is 0.184 e. The van der Waals surface area contributed by atoms with Crippen molar-refractivity contribution in [2.75, 3.05) is 4.90 Å². The van der Waals surface area contributed by atoms with Crippen LogP contribution >= 0.6 is 15.9 Å². The minimum Gasteiger partial charge on any atom is -0.360 e. The van der Waals surface area contributed by atoms with Crippen molar-refractivity contribution < 1.29 is 4.52 Å². The van der Waals surface area contributed by atoms with Crippen LogP contribution in [0.25, 0.3) is 5.65 Å². The number of nitrogens with zero attached hydrogens (tertiary/aromatic N) is 6. The Bertz CT molecular complexity index is 952. The summed E-state index contributed by atoms with van der Waals surface area (Å²) in [4.78, 5) is 6.63. The van der Waals surface area contributed by atoms with Crippen LogP contribution in [-0.4, -0.2) is 24.7 Å². The summed E-state index contributed by atoms with van der Waals surface area (Å²) in [5, 5.41) is 11.9. The molecule has 3 heterocycles. The fourth-order valence-corrected chi connectivity index (χ4v) is 2.91. The Balaban J connectivity index is 1.71. The first-order valence-corrected chi connectivity index (χ1v) is 8.12. The molecule has 0 spiro atoms. The molecule has 0 atom stereocenters. The molecule has 0 unspecified atom stereocenters. The Hall–Kier alpha value is -2.74. The minimum absolute atomic E-state index is 0.570. The van der Waals surface area contributed by atoms with Crippen molar-refractivity contribution in [2.24, 2.45) is 0 Å². The van der Waals surface area contributed by atoms with E-state index in [2.05, 4.69) is 47.2 Å². The maximum Gasteiger partial charge on any atom is 0.184 e. The van der Waals surface area contributed by atoms with Gasteiger partial charge in [-0.2, -0.15) is 0 Å². The van der Waals surface area contributed by atoms with Gasteiger partial charge in [0.05, 0.1) is 19.3 Å². The number of halogens is 1. The third-order valence-electron chi connectivity index (χ3n) is 3.64. The number of rotatable bonds is 5. The lowest BCUT2D eigenvalue weighted by molar-refractivity contribution is 0.380. The average Bonchev–Trinajstić information content (AvgIpc) is 3.26. The van der Waals surface area contributed by atoms with E-state index in [1.807, 2.05) is 34.9 Å². The van der Waals surface area contributed by atoms with Gasteiger partial charge in [-0.25, -0.2) is 0 Å². The van der Waals surface area contributed by atoms with Crippen LogP contribution in [0.5, 0.6) is 0 Å². The quantitative estimate of drug-likeness (QED) is 0.526. The molecule has 3 aromatic heterocycles. The van der Waals surface area contributed by atoms with Crippen molar-refractivity contribution in [2.45, 2.75) is 13.1 Å². The molecule has 1 aromatic carbocycles. The normalized spacial score (nSPS) is 11.0. The van der Waals surface area contributed by atoms with Crippen LogP contribution in [0.1, 0.15) is 11.5 Å². The van der Waals surface area contributed by atoms with Gasteiger partial charge in [-0.05, 0) is 18.2 Å². The molecule has 0 amide bonds. The van der Waals surface area contributed by atoms with Crippen molar-refractivity contribution in [1.29, 1.82) is 0 Å². The molecule has 0 N–H and O–H groups in total. The second kappa shape index (κ2) is 6.40. The Morgan fingerprint density at radius 2 is 2.12 bits per heavy atom. The molecule has 4 aromatic rings. The van der Waals surface area contributed by atoms with E-state index in [4.69, 9.17) is 4.52 Å². The molecule has 0 aliphatic rings. The molecule has 24 heavy (non-hydrogen) atoms. The van der Waals surface area contributed by atoms with Gasteiger partial charge in [0.25, 0.3) is 0 Å². The predicted octanol–water partition coefficient (Wildman–Crippen LogP) is 3.08. The minimum atomic E-state index is 0.570. The zero-order valence-corrected chi connectivity index (χ0v) is 14.2. The van der Waals surface area contributed by atoms with E-state index in [1.165, 1.54) is 0 Å². The van der Waals surface area contributed by atoms with E-state index in [9.17, 15) is 0 Å². The van der Waals surface area contributed by atoms with Crippen LogP contribution in [-0.2, 0) is 13.1 Å². The van der Waals surface area contributed by atoms with Crippen molar-refractivity contribution in [3.8, 4) is 0 Å². The van der Waals surface area contributed by atoms with E-state index >= 15 is 0 Å². The molecule has 0 saturated carbocycles. The zero-order valence-electron chi connectivity index (χ0n) is 12.6. The van der Waals surface area contributed by atoms with Crippen LogP contribution in [0, 0.1) is 0 Å². The zero-order chi connectivity index (χ0) is 16.4. The average molecular weight is 385 g/mol. The lowest BCUT2D eigenvalue weighted by Gasteiger charge is -2.23. The van der Waals surface area contributed by atoms with Crippen LogP contribution < -0.4 is 4.90 Å². The first kappa shape index (κ1) is 14.8. The molecule has 0 aliphatic carbocycles. The van der Waals surface area contributed by atoms with Crippen molar-refractivity contribution in [3.63, 3.8) is 0 Å². The number of anilines is 1. The van der Waals surface area contributed by atoms with Gasteiger partial charge < -0.3 is 9.42 Å². The molecule has 4 rings (SSSR count). The van der Waals surface area contributed by atoms with Crippen molar-refractivity contribution in [3.05, 3.63) is 71.2 Å². The Kier molecular flexibility index (Phi) is 3.96. The molecule has 120 valence electrons. The Morgan fingerprint density at radius 3 is 2.96 bits per heavy atom. The van der Waals surface area contributed by atoms with E-state index in [-0.39, 0.29) is 0 Å². The maximum absolute atomic E-state index is 5.27. The number of hydrogen-bond acceptors (Lipinski definition) is 6. The maximum atomic E-state index is 5.27. The predicted molar refractivity (Wildman–Crippen MR) is 91.3 cm³/mol. The van der Waals surface area contributed by atoms with Gasteiger partial charge >= 0.3 is 0 Å². The van der Waals surface area contributed by atoms with Gasteiger partial charge in [0, 0.05) is 28.6 Å². The Labute approximate surface area is 146 Å². The molecule has 0 radical (unpaired) electrons. The van der Waals surface area contributed by atoms with E-state index < -0.39 is 0 Å².